The van der Waals surface area contributed by atoms with E-state index >= 15 is 0 Å². The molecular formula is C14H27N3O2S. The zero-order valence-electron chi connectivity index (χ0n) is 13.2. The lowest BCUT2D eigenvalue weighted by Gasteiger charge is -2.16. The second-order valence-electron chi connectivity index (χ2n) is 5.57. The lowest BCUT2D eigenvalue weighted by molar-refractivity contribution is 0.482. The third-order valence-corrected chi connectivity index (χ3v) is 4.91. The van der Waals surface area contributed by atoms with Crippen LogP contribution in [0.3, 0.4) is 0 Å². The largest absolute Gasteiger partial charge is 0.317 e. The average Bonchev–Trinajstić information content (AvgIpc) is 2.57. The molecule has 0 saturated heterocycles. The summed E-state index contributed by atoms with van der Waals surface area (Å²) in [4.78, 5) is 0. The molecule has 0 fully saturated rings. The van der Waals surface area contributed by atoms with Crippen molar-refractivity contribution < 1.29 is 8.42 Å². The van der Waals surface area contributed by atoms with Crippen LogP contribution < -0.4 is 5.32 Å². The van der Waals surface area contributed by atoms with Crippen molar-refractivity contribution in [2.75, 3.05) is 19.1 Å². The van der Waals surface area contributed by atoms with Crippen molar-refractivity contribution >= 4 is 9.84 Å². The molecule has 5 nitrogen and oxygen atoms in total. The van der Waals surface area contributed by atoms with E-state index in [1.807, 2.05) is 25.7 Å². The summed E-state index contributed by atoms with van der Waals surface area (Å²) in [6.07, 6.45) is 4.89. The topological polar surface area (TPSA) is 64.0 Å². The molecule has 1 heterocycles. The van der Waals surface area contributed by atoms with E-state index in [0.717, 1.165) is 31.4 Å². The van der Waals surface area contributed by atoms with Gasteiger partial charge >= 0.3 is 0 Å². The van der Waals surface area contributed by atoms with Crippen LogP contribution in [0.2, 0.25) is 0 Å². The molecule has 1 aromatic rings. The highest BCUT2D eigenvalue weighted by Crippen LogP contribution is 2.16. The molecule has 0 aromatic carbocycles. The second-order valence-corrected chi connectivity index (χ2v) is 7.83. The van der Waals surface area contributed by atoms with Gasteiger partial charge in [-0.25, -0.2) is 8.42 Å². The first-order valence-electron chi connectivity index (χ1n) is 7.08. The Kier molecular flexibility index (Phi) is 6.20. The quantitative estimate of drug-likeness (QED) is 0.788. The van der Waals surface area contributed by atoms with Gasteiger partial charge in [0.05, 0.1) is 5.69 Å². The highest BCUT2D eigenvalue weighted by atomic mass is 32.2. The van der Waals surface area contributed by atoms with E-state index in [4.69, 9.17) is 0 Å². The van der Waals surface area contributed by atoms with Gasteiger partial charge in [0.1, 0.15) is 9.84 Å². The molecule has 0 aliphatic rings. The van der Waals surface area contributed by atoms with Crippen molar-refractivity contribution in [3.8, 4) is 0 Å². The minimum Gasteiger partial charge on any atom is -0.317 e. The van der Waals surface area contributed by atoms with E-state index in [0.29, 0.717) is 6.04 Å². The zero-order chi connectivity index (χ0) is 15.3. The average molecular weight is 301 g/mol. The molecule has 1 aromatic heterocycles. The van der Waals surface area contributed by atoms with Crippen molar-refractivity contribution in [1.82, 2.24) is 15.1 Å². The van der Waals surface area contributed by atoms with Gasteiger partial charge in [0.2, 0.25) is 0 Å². The number of hydrogen-bond donors (Lipinski definition) is 1. The molecule has 0 aliphatic carbocycles. The van der Waals surface area contributed by atoms with Gasteiger partial charge < -0.3 is 5.32 Å². The van der Waals surface area contributed by atoms with Gasteiger partial charge in [-0.15, -0.1) is 0 Å². The molecule has 116 valence electrons. The van der Waals surface area contributed by atoms with Crippen LogP contribution in [0, 0.1) is 13.8 Å². The van der Waals surface area contributed by atoms with Crippen molar-refractivity contribution in [3.05, 3.63) is 17.0 Å². The van der Waals surface area contributed by atoms with E-state index in [9.17, 15) is 8.42 Å². The molecule has 0 radical (unpaired) electrons. The van der Waals surface area contributed by atoms with Crippen LogP contribution in [0.1, 0.15) is 36.2 Å². The summed E-state index contributed by atoms with van der Waals surface area (Å²) in [6.45, 7) is 4.13. The number of rotatable bonds is 8. The first-order chi connectivity index (χ1) is 9.24. The fraction of sp³-hybridized carbons (Fsp3) is 0.786. The molecule has 0 aliphatic heterocycles. The maximum atomic E-state index is 11.1. The molecule has 1 N–H and O–H groups in total. The predicted molar refractivity (Wildman–Crippen MR) is 82.8 cm³/mol. The fourth-order valence-corrected chi connectivity index (χ4v) is 3.21. The summed E-state index contributed by atoms with van der Waals surface area (Å²) in [5, 5.41) is 7.71. The summed E-state index contributed by atoms with van der Waals surface area (Å²) in [5.41, 5.74) is 3.63. The Balaban J connectivity index is 2.49. The van der Waals surface area contributed by atoms with Crippen molar-refractivity contribution in [2.45, 2.75) is 45.6 Å². The Morgan fingerprint density at radius 2 is 1.95 bits per heavy atom. The molecule has 0 bridgehead atoms. The predicted octanol–water partition coefficient (Wildman–Crippen LogP) is 1.38. The summed E-state index contributed by atoms with van der Waals surface area (Å²) < 4.78 is 24.2. The SMILES string of the molecule is CNC(CCCS(C)(=O)=O)CCc1c(C)nn(C)c1C. The molecule has 6 heteroatoms. The summed E-state index contributed by atoms with van der Waals surface area (Å²) in [7, 11) is 1.06. The molecule has 0 spiro atoms. The Bertz CT molecular complexity index is 535. The standard InChI is InChI=1S/C14H27N3O2S/c1-11-14(12(2)17(4)16-11)9-8-13(15-3)7-6-10-20(5,18)19/h13,15H,6-10H2,1-5H3. The normalized spacial score (nSPS) is 13.7. The minimum atomic E-state index is -2.85. The minimum absolute atomic E-state index is 0.274. The number of hydrogen-bond acceptors (Lipinski definition) is 4. The Morgan fingerprint density at radius 1 is 1.30 bits per heavy atom. The van der Waals surface area contributed by atoms with Gasteiger partial charge in [-0.2, -0.15) is 5.10 Å². The third-order valence-electron chi connectivity index (χ3n) is 3.88. The van der Waals surface area contributed by atoms with Gasteiger partial charge in [-0.3, -0.25) is 4.68 Å². The van der Waals surface area contributed by atoms with Crippen LogP contribution in [0.5, 0.6) is 0 Å². The Hall–Kier alpha value is -0.880. The van der Waals surface area contributed by atoms with Crippen molar-refractivity contribution in [1.29, 1.82) is 0 Å². The van der Waals surface area contributed by atoms with E-state index in [1.54, 1.807) is 0 Å². The van der Waals surface area contributed by atoms with Gasteiger partial charge in [0, 0.05) is 30.8 Å². The maximum Gasteiger partial charge on any atom is 0.147 e. The van der Waals surface area contributed by atoms with Crippen LogP contribution >= 0.6 is 0 Å². The Labute approximate surface area is 122 Å². The number of aromatic nitrogens is 2. The van der Waals surface area contributed by atoms with E-state index in [1.165, 1.54) is 17.5 Å². The first-order valence-corrected chi connectivity index (χ1v) is 9.14. The molecule has 0 amide bonds. The first kappa shape index (κ1) is 17.2. The summed E-state index contributed by atoms with van der Waals surface area (Å²) in [6, 6.07) is 0.357. The number of sulfone groups is 1. The summed E-state index contributed by atoms with van der Waals surface area (Å²) in [5.74, 6) is 0.274. The smallest absolute Gasteiger partial charge is 0.147 e. The molecule has 1 unspecified atom stereocenters. The third kappa shape index (κ3) is 5.25. The van der Waals surface area contributed by atoms with E-state index < -0.39 is 9.84 Å². The maximum absolute atomic E-state index is 11.1. The molecular weight excluding hydrogens is 274 g/mol. The second kappa shape index (κ2) is 7.22. The van der Waals surface area contributed by atoms with E-state index in [-0.39, 0.29) is 5.75 Å². The molecule has 0 saturated carbocycles. The summed E-state index contributed by atoms with van der Waals surface area (Å²) >= 11 is 0. The van der Waals surface area contributed by atoms with Crippen molar-refractivity contribution in [3.63, 3.8) is 0 Å². The monoisotopic (exact) mass is 301 g/mol. The van der Waals surface area contributed by atoms with Crippen molar-refractivity contribution in [2.24, 2.45) is 7.05 Å². The number of nitrogens with one attached hydrogen (secondary N) is 1. The van der Waals surface area contributed by atoms with Gasteiger partial charge in [-0.1, -0.05) is 0 Å². The van der Waals surface area contributed by atoms with Crippen LogP contribution in [-0.4, -0.2) is 43.3 Å². The fourth-order valence-electron chi connectivity index (χ4n) is 2.52. The Morgan fingerprint density at radius 3 is 2.40 bits per heavy atom. The molecule has 1 rings (SSSR count). The molecule has 20 heavy (non-hydrogen) atoms. The highest BCUT2D eigenvalue weighted by Gasteiger charge is 2.13. The number of aryl methyl sites for hydroxylation is 2. The lowest BCUT2D eigenvalue weighted by atomic mass is 10.0. The van der Waals surface area contributed by atoms with Gasteiger partial charge in [0.15, 0.2) is 0 Å². The highest BCUT2D eigenvalue weighted by molar-refractivity contribution is 7.90. The number of nitrogens with zero attached hydrogens (tertiary/aromatic N) is 2. The van der Waals surface area contributed by atoms with Crippen LogP contribution in [0.15, 0.2) is 0 Å². The van der Waals surface area contributed by atoms with Crippen LogP contribution in [0.4, 0.5) is 0 Å². The molecule has 1 atom stereocenters. The zero-order valence-corrected chi connectivity index (χ0v) is 14.0. The van der Waals surface area contributed by atoms with Crippen LogP contribution in [-0.2, 0) is 23.3 Å². The van der Waals surface area contributed by atoms with E-state index in [2.05, 4.69) is 17.3 Å². The lowest BCUT2D eigenvalue weighted by Crippen LogP contribution is -2.26. The van der Waals surface area contributed by atoms with Crippen LogP contribution in [0.25, 0.3) is 0 Å². The van der Waals surface area contributed by atoms with Gasteiger partial charge in [0.25, 0.3) is 0 Å². The van der Waals surface area contributed by atoms with Gasteiger partial charge in [-0.05, 0) is 52.1 Å².